The van der Waals surface area contributed by atoms with Crippen LogP contribution in [0.25, 0.3) is 0 Å². The Labute approximate surface area is 167 Å². The number of halogens is 3. The topological polar surface area (TPSA) is 67.7 Å². The normalized spacial score (nSPS) is 12.0. The van der Waals surface area contributed by atoms with E-state index >= 15 is 0 Å². The lowest BCUT2D eigenvalue weighted by Crippen LogP contribution is -2.37. The molecule has 0 saturated heterocycles. The number of hydrogen-bond acceptors (Lipinski definition) is 3. The second-order valence-corrected chi connectivity index (χ2v) is 6.37. The zero-order valence-electron chi connectivity index (χ0n) is 16.4. The summed E-state index contributed by atoms with van der Waals surface area (Å²) in [5.41, 5.74) is 1.27. The van der Waals surface area contributed by atoms with Crippen molar-refractivity contribution >= 4 is 5.96 Å². The zero-order chi connectivity index (χ0) is 21.3. The molecular weight excluding hydrogens is 385 g/mol. The van der Waals surface area contributed by atoms with Crippen LogP contribution in [0, 0.1) is 6.92 Å². The second-order valence-electron chi connectivity index (χ2n) is 6.37. The number of guanidine groups is 1. The summed E-state index contributed by atoms with van der Waals surface area (Å²) in [5.74, 6) is 0.228. The molecular formula is C20H25F3N4O2. The van der Waals surface area contributed by atoms with E-state index in [9.17, 15) is 18.0 Å². The molecule has 29 heavy (non-hydrogen) atoms. The first kappa shape index (κ1) is 22.3. The standard InChI is InChI=1S/C20H25F3N4O2/c1-15-8-7-11-18(28)27(15)13-6-5-12-25-19(24-2)26-14-16-9-3-4-10-17(16)29-20(21,22)23/h3-4,7-11H,5-6,12-14H2,1-2H3,(H2,24,25,26). The molecule has 0 fully saturated rings. The highest BCUT2D eigenvalue weighted by atomic mass is 19.4. The highest BCUT2D eigenvalue weighted by Gasteiger charge is 2.31. The van der Waals surface area contributed by atoms with Crippen molar-refractivity contribution in [2.24, 2.45) is 4.99 Å². The van der Waals surface area contributed by atoms with Crippen molar-refractivity contribution < 1.29 is 17.9 Å². The Kier molecular flexibility index (Phi) is 8.11. The number of alkyl halides is 3. The highest BCUT2D eigenvalue weighted by molar-refractivity contribution is 5.79. The molecule has 2 N–H and O–H groups in total. The van der Waals surface area contributed by atoms with Crippen LogP contribution in [0.1, 0.15) is 24.1 Å². The molecule has 0 atom stereocenters. The first-order valence-electron chi connectivity index (χ1n) is 9.25. The van der Waals surface area contributed by atoms with Gasteiger partial charge in [-0.25, -0.2) is 0 Å². The van der Waals surface area contributed by atoms with Gasteiger partial charge in [0.05, 0.1) is 0 Å². The summed E-state index contributed by atoms with van der Waals surface area (Å²) in [4.78, 5) is 15.9. The molecule has 0 unspecified atom stereocenters. The predicted octanol–water partition coefficient (Wildman–Crippen LogP) is 3.20. The van der Waals surface area contributed by atoms with Gasteiger partial charge < -0.3 is 19.9 Å². The first-order chi connectivity index (χ1) is 13.8. The van der Waals surface area contributed by atoms with Crippen LogP contribution in [0.5, 0.6) is 5.75 Å². The first-order valence-corrected chi connectivity index (χ1v) is 9.25. The fraction of sp³-hybridized carbons (Fsp3) is 0.400. The smallest absolute Gasteiger partial charge is 0.405 e. The molecule has 0 saturated carbocycles. The molecule has 0 amide bonds. The third-order valence-electron chi connectivity index (χ3n) is 4.24. The van der Waals surface area contributed by atoms with E-state index in [-0.39, 0.29) is 17.9 Å². The van der Waals surface area contributed by atoms with Crippen LogP contribution in [0.3, 0.4) is 0 Å². The minimum Gasteiger partial charge on any atom is -0.405 e. The van der Waals surface area contributed by atoms with Gasteiger partial charge in [-0.2, -0.15) is 0 Å². The maximum atomic E-state index is 12.5. The number of rotatable bonds is 8. The van der Waals surface area contributed by atoms with Crippen molar-refractivity contribution in [2.75, 3.05) is 13.6 Å². The Morgan fingerprint density at radius 3 is 2.55 bits per heavy atom. The molecule has 6 nitrogen and oxygen atoms in total. The van der Waals surface area contributed by atoms with Gasteiger partial charge in [-0.05, 0) is 31.9 Å². The third kappa shape index (κ3) is 7.52. The molecule has 0 aliphatic rings. The number of pyridine rings is 1. The van der Waals surface area contributed by atoms with Crippen molar-refractivity contribution in [1.29, 1.82) is 0 Å². The molecule has 1 aromatic carbocycles. The van der Waals surface area contributed by atoms with Gasteiger partial charge in [0.2, 0.25) is 0 Å². The summed E-state index contributed by atoms with van der Waals surface area (Å²) in [6.07, 6.45) is -3.14. The summed E-state index contributed by atoms with van der Waals surface area (Å²) in [5, 5.41) is 6.09. The van der Waals surface area contributed by atoms with Crippen LogP contribution in [0.15, 0.2) is 52.3 Å². The maximum Gasteiger partial charge on any atom is 0.573 e. The van der Waals surface area contributed by atoms with Crippen LogP contribution in [-0.4, -0.2) is 30.5 Å². The molecule has 1 aromatic heterocycles. The number of ether oxygens (including phenoxy) is 1. The number of nitrogens with zero attached hydrogens (tertiary/aromatic N) is 2. The molecule has 9 heteroatoms. The van der Waals surface area contributed by atoms with Crippen LogP contribution < -0.4 is 20.9 Å². The van der Waals surface area contributed by atoms with Gasteiger partial charge in [-0.1, -0.05) is 24.3 Å². The number of unbranched alkanes of at least 4 members (excludes halogenated alkanes) is 1. The minimum absolute atomic E-state index is 0.0184. The molecule has 0 aliphatic heterocycles. The molecule has 2 rings (SSSR count). The Morgan fingerprint density at radius 2 is 1.86 bits per heavy atom. The lowest BCUT2D eigenvalue weighted by Gasteiger charge is -2.15. The van der Waals surface area contributed by atoms with Crippen molar-refractivity contribution in [3.63, 3.8) is 0 Å². The molecule has 158 valence electrons. The number of hydrogen-bond donors (Lipinski definition) is 2. The maximum absolute atomic E-state index is 12.5. The molecule has 0 bridgehead atoms. The summed E-state index contributed by atoms with van der Waals surface area (Å²) in [6.45, 7) is 3.26. The van der Waals surface area contributed by atoms with Crippen molar-refractivity contribution in [2.45, 2.75) is 39.2 Å². The number of aliphatic imine (C=N–C) groups is 1. The summed E-state index contributed by atoms with van der Waals surface area (Å²) in [6, 6.07) is 11.1. The Balaban J connectivity index is 1.78. The highest BCUT2D eigenvalue weighted by Crippen LogP contribution is 2.25. The molecule has 1 heterocycles. The van der Waals surface area contributed by atoms with E-state index < -0.39 is 6.36 Å². The average molecular weight is 410 g/mol. The summed E-state index contributed by atoms with van der Waals surface area (Å²) >= 11 is 0. The van der Waals surface area contributed by atoms with E-state index in [0.717, 1.165) is 18.5 Å². The van der Waals surface area contributed by atoms with Crippen molar-refractivity contribution in [3.05, 3.63) is 64.1 Å². The Hall–Kier alpha value is -2.97. The average Bonchev–Trinajstić information content (AvgIpc) is 2.66. The van der Waals surface area contributed by atoms with Crippen LogP contribution in [-0.2, 0) is 13.1 Å². The molecule has 0 spiro atoms. The Morgan fingerprint density at radius 1 is 1.10 bits per heavy atom. The minimum atomic E-state index is -4.74. The number of aromatic nitrogens is 1. The largest absolute Gasteiger partial charge is 0.573 e. The fourth-order valence-electron chi connectivity index (χ4n) is 2.79. The predicted molar refractivity (Wildman–Crippen MR) is 106 cm³/mol. The zero-order valence-corrected chi connectivity index (χ0v) is 16.4. The van der Waals surface area contributed by atoms with Crippen LogP contribution in [0.2, 0.25) is 0 Å². The van der Waals surface area contributed by atoms with Crippen molar-refractivity contribution in [3.8, 4) is 5.75 Å². The number of para-hydroxylation sites is 1. The lowest BCUT2D eigenvalue weighted by molar-refractivity contribution is -0.274. The van der Waals surface area contributed by atoms with Gasteiger partial charge in [-0.3, -0.25) is 9.79 Å². The van der Waals surface area contributed by atoms with Gasteiger partial charge in [0.15, 0.2) is 5.96 Å². The van der Waals surface area contributed by atoms with Crippen molar-refractivity contribution in [1.82, 2.24) is 15.2 Å². The molecule has 2 aromatic rings. The quantitative estimate of drug-likeness (QED) is 0.399. The van der Waals surface area contributed by atoms with Crippen LogP contribution in [0.4, 0.5) is 13.2 Å². The number of aryl methyl sites for hydroxylation is 1. The summed E-state index contributed by atoms with van der Waals surface area (Å²) in [7, 11) is 1.58. The van der Waals surface area contributed by atoms with Crippen LogP contribution >= 0.6 is 0 Å². The van der Waals surface area contributed by atoms with Gasteiger partial charge in [0.1, 0.15) is 5.75 Å². The fourth-order valence-corrected chi connectivity index (χ4v) is 2.79. The SMILES string of the molecule is CN=C(NCCCCn1c(C)cccc1=O)NCc1ccccc1OC(F)(F)F. The van der Waals surface area contributed by atoms with Gasteiger partial charge in [-0.15, -0.1) is 13.2 Å². The van der Waals surface area contributed by atoms with Gasteiger partial charge in [0, 0.05) is 44.0 Å². The van der Waals surface area contributed by atoms with E-state index in [0.29, 0.717) is 24.6 Å². The van der Waals surface area contributed by atoms with E-state index in [1.54, 1.807) is 29.8 Å². The third-order valence-corrected chi connectivity index (χ3v) is 4.24. The Bertz CT molecular complexity index is 879. The number of benzene rings is 1. The molecule has 0 radical (unpaired) electrons. The summed E-state index contributed by atoms with van der Waals surface area (Å²) < 4.78 is 43.3. The van der Waals surface area contributed by atoms with E-state index in [1.165, 1.54) is 18.2 Å². The van der Waals surface area contributed by atoms with E-state index in [1.807, 2.05) is 13.0 Å². The second kappa shape index (κ2) is 10.5. The van der Waals surface area contributed by atoms with E-state index in [2.05, 4.69) is 20.4 Å². The van der Waals surface area contributed by atoms with Gasteiger partial charge in [0.25, 0.3) is 5.56 Å². The lowest BCUT2D eigenvalue weighted by atomic mass is 10.2. The van der Waals surface area contributed by atoms with Gasteiger partial charge >= 0.3 is 6.36 Å². The monoisotopic (exact) mass is 410 g/mol. The number of nitrogens with one attached hydrogen (secondary N) is 2. The molecule has 0 aliphatic carbocycles. The van der Waals surface area contributed by atoms with E-state index in [4.69, 9.17) is 0 Å².